The molecule has 0 amide bonds. The summed E-state index contributed by atoms with van der Waals surface area (Å²) in [7, 11) is 0. The Bertz CT molecular complexity index is 14.9. The summed E-state index contributed by atoms with van der Waals surface area (Å²) in [6, 6.07) is 0. The predicted molar refractivity (Wildman–Crippen MR) is 23.2 cm³/mol. The van der Waals surface area contributed by atoms with Crippen LogP contribution in [0, 0.1) is 0 Å². The first-order valence-electron chi connectivity index (χ1n) is 0. The molecular formula is H12Fe5O12-2. The first kappa shape index (κ1) is 1400. The largest absolute Gasteiger partial charge is 2.00 e. The number of hydrogen-bond acceptors (Lipinski definition) is 12. The fourth-order valence-corrected chi connectivity index (χ4v) is 0. The Morgan fingerprint density at radius 2 is 0.118 bits per heavy atom. The Hall–Kier alpha value is 2.12. The van der Waals surface area contributed by atoms with E-state index in [2.05, 4.69) is 0 Å². The third-order valence-electron chi connectivity index (χ3n) is 0. The van der Waals surface area contributed by atoms with Gasteiger partial charge in [0.05, 0.1) is 0 Å². The van der Waals surface area contributed by atoms with Crippen LogP contribution >= 0.6 is 0 Å². The minimum absolute atomic E-state index is 0. The van der Waals surface area contributed by atoms with Gasteiger partial charge >= 0.3 is 85.3 Å². The zero-order chi connectivity index (χ0) is 0. The third kappa shape index (κ3) is 1050. The van der Waals surface area contributed by atoms with E-state index in [1.54, 1.807) is 0 Å². The minimum Gasteiger partial charge on any atom is -0.870 e. The van der Waals surface area contributed by atoms with Crippen LogP contribution in [0.2, 0.25) is 0 Å². The molecule has 0 aliphatic heterocycles. The normalized spacial score (nSPS) is 0. The molecule has 0 fully saturated rings. The molecule has 12 N–H and O–H groups in total. The predicted octanol–water partition coefficient (Wildman–Crippen LogP) is -2.13. The molecule has 0 aliphatic carbocycles. The third-order valence-corrected chi connectivity index (χ3v) is 0. The molecule has 0 saturated heterocycles. The molecule has 0 spiro atoms. The molecule has 12 nitrogen and oxygen atoms in total. The molecule has 17 heteroatoms. The molecule has 17 heavy (non-hydrogen) atoms. The molecule has 0 aromatic carbocycles. The van der Waals surface area contributed by atoms with Gasteiger partial charge in [-0.05, 0) is 0 Å². The van der Waals surface area contributed by atoms with Crippen molar-refractivity contribution in [2.75, 3.05) is 0 Å². The van der Waals surface area contributed by atoms with E-state index in [1.807, 2.05) is 0 Å². The summed E-state index contributed by atoms with van der Waals surface area (Å²) in [5.74, 6) is 0. The van der Waals surface area contributed by atoms with E-state index in [0.717, 1.165) is 0 Å². The Kier molecular flexibility index (Phi) is 97500. The van der Waals surface area contributed by atoms with Crippen molar-refractivity contribution in [3.05, 3.63) is 0 Å². The topological polar surface area (TPSA) is 360 Å². The molecule has 0 saturated carbocycles. The molecule has 0 unspecified atom stereocenters. The summed E-state index contributed by atoms with van der Waals surface area (Å²) in [5.41, 5.74) is 0. The van der Waals surface area contributed by atoms with Gasteiger partial charge in [-0.25, -0.2) is 0 Å². The van der Waals surface area contributed by atoms with E-state index in [0.29, 0.717) is 0 Å². The first-order chi connectivity index (χ1) is 0. The zero-order valence-electron chi connectivity index (χ0n) is 7.13. The SMILES string of the molecule is [Fe+2].[Fe+2].[Fe+2].[Fe+2].[Fe+2].[OH-].[OH-].[OH-].[OH-].[OH-].[OH-].[OH-].[OH-].[OH-].[OH-].[OH-].[OH-]. The van der Waals surface area contributed by atoms with E-state index < -0.39 is 0 Å². The van der Waals surface area contributed by atoms with Gasteiger partial charge < -0.3 is 65.7 Å². The van der Waals surface area contributed by atoms with Crippen molar-refractivity contribution in [3.8, 4) is 0 Å². The van der Waals surface area contributed by atoms with E-state index in [-0.39, 0.29) is 151 Å². The van der Waals surface area contributed by atoms with E-state index >= 15 is 0 Å². The maximum Gasteiger partial charge on any atom is 2.00 e. The van der Waals surface area contributed by atoms with Crippen LogP contribution in [0.25, 0.3) is 0 Å². The van der Waals surface area contributed by atoms with Gasteiger partial charge in [0, 0.05) is 0 Å². The van der Waals surface area contributed by atoms with Gasteiger partial charge in [-0.2, -0.15) is 0 Å². The summed E-state index contributed by atoms with van der Waals surface area (Å²) in [5, 5.41) is 0. The Morgan fingerprint density at radius 1 is 0.118 bits per heavy atom. The first-order valence-corrected chi connectivity index (χ1v) is 0. The van der Waals surface area contributed by atoms with Crippen molar-refractivity contribution < 1.29 is 151 Å². The summed E-state index contributed by atoms with van der Waals surface area (Å²) in [6.07, 6.45) is 0. The molecule has 0 heterocycles. The zero-order valence-corrected chi connectivity index (χ0v) is 12.7. The Balaban J connectivity index is 0. The van der Waals surface area contributed by atoms with Gasteiger partial charge in [0.15, 0.2) is 0 Å². The van der Waals surface area contributed by atoms with Crippen LogP contribution in [0.5, 0.6) is 0 Å². The van der Waals surface area contributed by atoms with Crippen molar-refractivity contribution in [3.63, 3.8) is 0 Å². The van der Waals surface area contributed by atoms with Crippen molar-refractivity contribution in [2.45, 2.75) is 0 Å². The average Bonchev–Trinajstić information content (AvgIpc) is 0. The van der Waals surface area contributed by atoms with Crippen molar-refractivity contribution >= 4 is 0 Å². The van der Waals surface area contributed by atoms with Crippen molar-refractivity contribution in [2.24, 2.45) is 0 Å². The van der Waals surface area contributed by atoms with Crippen LogP contribution in [-0.2, 0) is 85.3 Å². The smallest absolute Gasteiger partial charge is 0.870 e. The van der Waals surface area contributed by atoms with Crippen LogP contribution in [0.4, 0.5) is 0 Å². The average molecular weight is 483 g/mol. The number of hydrogen-bond donors (Lipinski definition) is 0. The monoisotopic (exact) mass is 484 g/mol. The van der Waals surface area contributed by atoms with Gasteiger partial charge in [-0.3, -0.25) is 0 Å². The number of rotatable bonds is 0. The Labute approximate surface area is 150 Å². The fraction of sp³-hybridized carbons (Fsp3) is 0. The second-order valence-electron chi connectivity index (χ2n) is 0. The van der Waals surface area contributed by atoms with E-state index in [9.17, 15) is 0 Å². The van der Waals surface area contributed by atoms with E-state index in [4.69, 9.17) is 0 Å². The summed E-state index contributed by atoms with van der Waals surface area (Å²) >= 11 is 0. The molecular weight excluding hydrogens is 471 g/mol. The quantitative estimate of drug-likeness (QED) is 0.333. The van der Waals surface area contributed by atoms with Crippen molar-refractivity contribution in [1.82, 2.24) is 0 Å². The van der Waals surface area contributed by atoms with E-state index in [1.165, 1.54) is 0 Å². The van der Waals surface area contributed by atoms with Crippen LogP contribution in [0.1, 0.15) is 0 Å². The standard InChI is InChI=1S/5Fe.12H2O/h;;;;;12*1H2/q5*+2;;;;;;;;;;;;/p-12. The van der Waals surface area contributed by atoms with Crippen LogP contribution in [0.3, 0.4) is 0 Å². The second kappa shape index (κ2) is 1180. The molecule has 0 aliphatic rings. The van der Waals surface area contributed by atoms with Gasteiger partial charge in [0.2, 0.25) is 0 Å². The maximum atomic E-state index is 0. The van der Waals surface area contributed by atoms with Crippen molar-refractivity contribution in [1.29, 1.82) is 0 Å². The fourth-order valence-electron chi connectivity index (χ4n) is 0. The summed E-state index contributed by atoms with van der Waals surface area (Å²) in [4.78, 5) is 0. The van der Waals surface area contributed by atoms with Gasteiger partial charge in [-0.15, -0.1) is 0 Å². The molecule has 0 rings (SSSR count). The van der Waals surface area contributed by atoms with Crippen LogP contribution < -0.4 is 0 Å². The minimum atomic E-state index is 0. The van der Waals surface area contributed by atoms with Crippen LogP contribution in [0.15, 0.2) is 0 Å². The maximum absolute atomic E-state index is 0. The molecule has 0 aromatic heterocycles. The van der Waals surface area contributed by atoms with Gasteiger partial charge in [0.25, 0.3) is 0 Å². The van der Waals surface area contributed by atoms with Crippen LogP contribution in [-0.4, -0.2) is 65.7 Å². The second-order valence-corrected chi connectivity index (χ2v) is 0. The summed E-state index contributed by atoms with van der Waals surface area (Å²) < 4.78 is 0. The van der Waals surface area contributed by atoms with Gasteiger partial charge in [-0.1, -0.05) is 0 Å². The molecule has 0 radical (unpaired) electrons. The summed E-state index contributed by atoms with van der Waals surface area (Å²) in [6.45, 7) is 0. The molecule has 0 bridgehead atoms. The Morgan fingerprint density at radius 3 is 0.118 bits per heavy atom. The molecule has 0 atom stereocenters. The van der Waals surface area contributed by atoms with Gasteiger partial charge in [0.1, 0.15) is 0 Å². The molecule has 0 aromatic rings. The molecule has 126 valence electrons.